The minimum atomic E-state index is 0.588. The van der Waals surface area contributed by atoms with Crippen LogP contribution in [0.2, 0.25) is 0 Å². The first-order valence-electron chi connectivity index (χ1n) is 2.75. The highest BCUT2D eigenvalue weighted by Gasteiger charge is 1.90. The van der Waals surface area contributed by atoms with E-state index in [1.165, 1.54) is 0 Å². The van der Waals surface area contributed by atoms with E-state index in [-0.39, 0.29) is 0 Å². The van der Waals surface area contributed by atoms with Crippen molar-refractivity contribution in [2.75, 3.05) is 0 Å². The lowest BCUT2D eigenvalue weighted by Crippen LogP contribution is -1.80. The van der Waals surface area contributed by atoms with Gasteiger partial charge < -0.3 is 0 Å². The molecule has 1 aromatic heterocycles. The molecule has 0 fully saturated rings. The van der Waals surface area contributed by atoms with Gasteiger partial charge in [0, 0.05) is 17.2 Å². The van der Waals surface area contributed by atoms with Crippen LogP contribution in [0.25, 0.3) is 4.85 Å². The van der Waals surface area contributed by atoms with Gasteiger partial charge in [-0.3, -0.25) is 4.98 Å². The second-order valence-electron chi connectivity index (χ2n) is 1.75. The predicted octanol–water partition coefficient (Wildman–Crippen LogP) is 2.53. The van der Waals surface area contributed by atoms with Gasteiger partial charge in [-0.1, -0.05) is 28.1 Å². The Labute approximate surface area is 67.9 Å². The van der Waals surface area contributed by atoms with E-state index in [4.69, 9.17) is 6.57 Å². The van der Waals surface area contributed by atoms with Gasteiger partial charge in [-0.25, -0.2) is 4.85 Å². The summed E-state index contributed by atoms with van der Waals surface area (Å²) in [6.45, 7) is 6.64. The lowest BCUT2D eigenvalue weighted by atomic mass is 10.3. The molecule has 1 aromatic rings. The summed E-state index contributed by atoms with van der Waals surface area (Å²) in [6.07, 6.45) is 1.57. The SMILES string of the molecule is [C-]#[N+]c1ccc(CBr)nc1. The largest absolute Gasteiger partial charge is 0.272 e. The number of hydrogen-bond acceptors (Lipinski definition) is 1. The Morgan fingerprint density at radius 1 is 1.60 bits per heavy atom. The summed E-state index contributed by atoms with van der Waals surface area (Å²) in [7, 11) is 0. The number of aromatic nitrogens is 1. The van der Waals surface area contributed by atoms with E-state index in [9.17, 15) is 0 Å². The third-order valence-electron chi connectivity index (χ3n) is 1.08. The lowest BCUT2D eigenvalue weighted by Gasteiger charge is -1.91. The Bertz CT molecular complexity index is 247. The van der Waals surface area contributed by atoms with Crippen molar-refractivity contribution in [1.82, 2.24) is 4.98 Å². The van der Waals surface area contributed by atoms with Gasteiger partial charge in [0.2, 0.25) is 5.69 Å². The highest BCUT2D eigenvalue weighted by Crippen LogP contribution is 2.10. The molecule has 2 nitrogen and oxygen atoms in total. The van der Waals surface area contributed by atoms with Crippen molar-refractivity contribution < 1.29 is 0 Å². The van der Waals surface area contributed by atoms with Crippen molar-refractivity contribution in [3.05, 3.63) is 35.4 Å². The highest BCUT2D eigenvalue weighted by molar-refractivity contribution is 9.08. The zero-order valence-electron chi connectivity index (χ0n) is 5.21. The van der Waals surface area contributed by atoms with Crippen LogP contribution in [0.5, 0.6) is 0 Å². The number of nitrogens with zero attached hydrogens (tertiary/aromatic N) is 2. The van der Waals surface area contributed by atoms with Gasteiger partial charge in [0.05, 0.1) is 6.57 Å². The fraction of sp³-hybridized carbons (Fsp3) is 0.143. The molecular formula is C7H5BrN2. The first-order chi connectivity index (χ1) is 4.86. The van der Waals surface area contributed by atoms with Crippen LogP contribution in [0.15, 0.2) is 18.3 Å². The lowest BCUT2D eigenvalue weighted by molar-refractivity contribution is 1.19. The topological polar surface area (TPSA) is 17.2 Å². The predicted molar refractivity (Wildman–Crippen MR) is 43.1 cm³/mol. The van der Waals surface area contributed by atoms with E-state index in [0.717, 1.165) is 11.0 Å². The average molecular weight is 197 g/mol. The van der Waals surface area contributed by atoms with Gasteiger partial charge in [0.1, 0.15) is 0 Å². The number of pyridine rings is 1. The molecule has 3 heteroatoms. The Morgan fingerprint density at radius 3 is 2.80 bits per heavy atom. The molecule has 50 valence electrons. The molecule has 0 amide bonds. The minimum Gasteiger partial charge on any atom is -0.272 e. The molecule has 0 radical (unpaired) electrons. The Kier molecular flexibility index (Phi) is 2.41. The van der Waals surface area contributed by atoms with Gasteiger partial charge >= 0.3 is 0 Å². The number of hydrogen-bond donors (Lipinski definition) is 0. The Morgan fingerprint density at radius 2 is 2.40 bits per heavy atom. The maximum atomic E-state index is 6.64. The van der Waals surface area contributed by atoms with Crippen molar-refractivity contribution >= 4 is 21.6 Å². The Balaban J connectivity index is 2.93. The summed E-state index contributed by atoms with van der Waals surface area (Å²) < 4.78 is 0. The fourth-order valence-corrected chi connectivity index (χ4v) is 0.894. The second-order valence-corrected chi connectivity index (χ2v) is 2.31. The molecule has 0 aliphatic heterocycles. The van der Waals surface area contributed by atoms with Crippen LogP contribution in [-0.2, 0) is 5.33 Å². The van der Waals surface area contributed by atoms with Gasteiger partial charge in [-0.15, -0.1) is 0 Å². The summed E-state index contributed by atoms with van der Waals surface area (Å²) in [5, 5.41) is 0.741. The molecule has 0 atom stereocenters. The quantitative estimate of drug-likeness (QED) is 0.499. The van der Waals surface area contributed by atoms with Crippen molar-refractivity contribution in [1.29, 1.82) is 0 Å². The molecule has 1 rings (SSSR count). The van der Waals surface area contributed by atoms with Crippen molar-refractivity contribution in [2.24, 2.45) is 0 Å². The fourth-order valence-electron chi connectivity index (χ4n) is 0.562. The molecule has 0 saturated carbocycles. The number of rotatable bonds is 1. The molecule has 0 aromatic carbocycles. The van der Waals surface area contributed by atoms with E-state index in [1.54, 1.807) is 12.3 Å². The van der Waals surface area contributed by atoms with E-state index in [1.807, 2.05) is 6.07 Å². The van der Waals surface area contributed by atoms with Gasteiger partial charge in [-0.2, -0.15) is 0 Å². The van der Waals surface area contributed by atoms with E-state index in [2.05, 4.69) is 25.8 Å². The summed E-state index contributed by atoms with van der Waals surface area (Å²) in [6, 6.07) is 3.60. The van der Waals surface area contributed by atoms with Crippen LogP contribution in [0.1, 0.15) is 5.69 Å². The minimum absolute atomic E-state index is 0.588. The maximum absolute atomic E-state index is 6.64. The molecule has 0 bridgehead atoms. The first kappa shape index (κ1) is 7.23. The zero-order chi connectivity index (χ0) is 7.40. The zero-order valence-corrected chi connectivity index (χ0v) is 6.80. The third kappa shape index (κ3) is 1.55. The summed E-state index contributed by atoms with van der Waals surface area (Å²) >= 11 is 3.26. The van der Waals surface area contributed by atoms with Crippen molar-refractivity contribution in [3.8, 4) is 0 Å². The van der Waals surface area contributed by atoms with Gasteiger partial charge in [-0.05, 0) is 0 Å². The normalized spacial score (nSPS) is 8.80. The van der Waals surface area contributed by atoms with Gasteiger partial charge in [0.15, 0.2) is 0 Å². The molecule has 0 aliphatic carbocycles. The standard InChI is InChI=1S/C7H5BrN2/c1-9-7-3-2-6(4-8)10-5-7/h2-3,5H,4H2. The molecule has 1 heterocycles. The first-order valence-corrected chi connectivity index (χ1v) is 3.87. The van der Waals surface area contributed by atoms with Crippen LogP contribution in [-0.4, -0.2) is 4.98 Å². The van der Waals surface area contributed by atoms with Crippen molar-refractivity contribution in [3.63, 3.8) is 0 Å². The molecule has 0 spiro atoms. The highest BCUT2D eigenvalue weighted by atomic mass is 79.9. The van der Waals surface area contributed by atoms with Crippen LogP contribution in [0.3, 0.4) is 0 Å². The molecule has 10 heavy (non-hydrogen) atoms. The Hall–Kier alpha value is -0.880. The molecule has 0 unspecified atom stereocenters. The maximum Gasteiger partial charge on any atom is 0.205 e. The van der Waals surface area contributed by atoms with E-state index >= 15 is 0 Å². The molecule has 0 saturated heterocycles. The van der Waals surface area contributed by atoms with Gasteiger partial charge in [0.25, 0.3) is 0 Å². The summed E-state index contributed by atoms with van der Waals surface area (Å²) in [5.74, 6) is 0. The smallest absolute Gasteiger partial charge is 0.205 e. The van der Waals surface area contributed by atoms with Crippen LogP contribution in [0.4, 0.5) is 5.69 Å². The molecule has 0 aliphatic rings. The number of halogens is 1. The molecule has 0 N–H and O–H groups in total. The monoisotopic (exact) mass is 196 g/mol. The third-order valence-corrected chi connectivity index (χ3v) is 1.65. The van der Waals surface area contributed by atoms with Crippen LogP contribution >= 0.6 is 15.9 Å². The van der Waals surface area contributed by atoms with E-state index < -0.39 is 0 Å². The van der Waals surface area contributed by atoms with Crippen molar-refractivity contribution in [2.45, 2.75) is 5.33 Å². The molecular weight excluding hydrogens is 192 g/mol. The van der Waals surface area contributed by atoms with Crippen LogP contribution < -0.4 is 0 Å². The van der Waals surface area contributed by atoms with E-state index in [0.29, 0.717) is 5.69 Å². The number of alkyl halides is 1. The summed E-state index contributed by atoms with van der Waals surface area (Å²) in [4.78, 5) is 7.23. The average Bonchev–Trinajstić information content (AvgIpc) is 2.05. The van der Waals surface area contributed by atoms with Crippen LogP contribution in [0, 0.1) is 6.57 Å². The summed E-state index contributed by atoms with van der Waals surface area (Å²) in [5.41, 5.74) is 1.54. The second kappa shape index (κ2) is 3.33.